The number of nitrogens with one attached hydrogen (secondary N) is 3. The molecule has 0 saturated carbocycles. The van der Waals surface area contributed by atoms with Crippen LogP contribution >= 0.6 is 0 Å². The maximum Gasteiger partial charge on any atom is 0.287 e. The van der Waals surface area contributed by atoms with Gasteiger partial charge >= 0.3 is 0 Å². The third-order valence-electron chi connectivity index (χ3n) is 3.43. The van der Waals surface area contributed by atoms with Crippen molar-refractivity contribution in [3.63, 3.8) is 0 Å². The van der Waals surface area contributed by atoms with Crippen LogP contribution in [-0.4, -0.2) is 23.8 Å². The highest BCUT2D eigenvalue weighted by Crippen LogP contribution is 2.16. The highest BCUT2D eigenvalue weighted by molar-refractivity contribution is 6.00. The van der Waals surface area contributed by atoms with E-state index in [1.54, 1.807) is 30.3 Å². The van der Waals surface area contributed by atoms with Crippen LogP contribution in [0.1, 0.15) is 31.3 Å². The molecule has 132 valence electrons. The molecule has 2 rings (SSSR count). The van der Waals surface area contributed by atoms with E-state index in [0.29, 0.717) is 11.4 Å². The van der Waals surface area contributed by atoms with Crippen LogP contribution in [0.15, 0.2) is 47.1 Å². The predicted octanol–water partition coefficient (Wildman–Crippen LogP) is 2.63. The third-order valence-corrected chi connectivity index (χ3v) is 3.43. The Morgan fingerprint density at radius 1 is 1.00 bits per heavy atom. The molecule has 1 aromatic heterocycles. The van der Waals surface area contributed by atoms with Gasteiger partial charge in [0.25, 0.3) is 5.91 Å². The molecule has 7 heteroatoms. The van der Waals surface area contributed by atoms with E-state index >= 15 is 0 Å². The molecule has 0 bridgehead atoms. The molecule has 0 spiro atoms. The first-order valence-electron chi connectivity index (χ1n) is 7.89. The molecule has 0 fully saturated rings. The standard InChI is InChI=1S/C18H21N3O4/c1-11(2)16(21-17(23)15-8-5-9-25-15)18(24)20-14-7-4-6-13(10-14)19-12(3)22/h4-11,16H,1-3H3,(H,19,22)(H,20,24)(H,21,23). The van der Waals surface area contributed by atoms with Crippen molar-refractivity contribution in [2.45, 2.75) is 26.8 Å². The zero-order valence-corrected chi connectivity index (χ0v) is 14.3. The van der Waals surface area contributed by atoms with Crippen LogP contribution < -0.4 is 16.0 Å². The molecular formula is C18H21N3O4. The molecule has 1 atom stereocenters. The van der Waals surface area contributed by atoms with Crippen molar-refractivity contribution in [1.82, 2.24) is 5.32 Å². The van der Waals surface area contributed by atoms with Crippen LogP contribution in [0.3, 0.4) is 0 Å². The number of benzene rings is 1. The van der Waals surface area contributed by atoms with Gasteiger partial charge in [-0.15, -0.1) is 0 Å². The predicted molar refractivity (Wildman–Crippen MR) is 94.2 cm³/mol. The Morgan fingerprint density at radius 3 is 2.24 bits per heavy atom. The molecule has 3 N–H and O–H groups in total. The first-order valence-corrected chi connectivity index (χ1v) is 7.89. The van der Waals surface area contributed by atoms with Crippen molar-refractivity contribution in [3.8, 4) is 0 Å². The fourth-order valence-corrected chi connectivity index (χ4v) is 2.25. The average Bonchev–Trinajstić information content (AvgIpc) is 3.06. The second kappa shape index (κ2) is 8.14. The Labute approximate surface area is 145 Å². The molecule has 25 heavy (non-hydrogen) atoms. The van der Waals surface area contributed by atoms with E-state index < -0.39 is 11.9 Å². The Hall–Kier alpha value is -3.09. The lowest BCUT2D eigenvalue weighted by Gasteiger charge is -2.21. The minimum atomic E-state index is -0.734. The summed E-state index contributed by atoms with van der Waals surface area (Å²) >= 11 is 0. The number of rotatable bonds is 6. The number of furan rings is 1. The van der Waals surface area contributed by atoms with Crippen molar-refractivity contribution in [3.05, 3.63) is 48.4 Å². The number of carbonyl (C=O) groups is 3. The molecule has 0 saturated heterocycles. The zero-order valence-electron chi connectivity index (χ0n) is 14.3. The summed E-state index contributed by atoms with van der Waals surface area (Å²) in [4.78, 5) is 35.8. The summed E-state index contributed by atoms with van der Waals surface area (Å²) in [5.41, 5.74) is 1.10. The monoisotopic (exact) mass is 343 g/mol. The first kappa shape index (κ1) is 18.3. The fourth-order valence-electron chi connectivity index (χ4n) is 2.25. The summed E-state index contributed by atoms with van der Waals surface area (Å²) in [5, 5.41) is 8.07. The number of anilines is 2. The van der Waals surface area contributed by atoms with Crippen LogP contribution in [0, 0.1) is 5.92 Å². The highest BCUT2D eigenvalue weighted by atomic mass is 16.3. The Balaban J connectivity index is 2.07. The van der Waals surface area contributed by atoms with Gasteiger partial charge in [0.05, 0.1) is 6.26 Å². The van der Waals surface area contributed by atoms with E-state index in [1.807, 2.05) is 13.8 Å². The van der Waals surface area contributed by atoms with Gasteiger partial charge in [-0.3, -0.25) is 14.4 Å². The van der Waals surface area contributed by atoms with Crippen molar-refractivity contribution in [2.24, 2.45) is 5.92 Å². The second-order valence-electron chi connectivity index (χ2n) is 5.92. The van der Waals surface area contributed by atoms with Crippen molar-refractivity contribution in [1.29, 1.82) is 0 Å². The Morgan fingerprint density at radius 2 is 1.68 bits per heavy atom. The molecule has 2 aromatic rings. The SMILES string of the molecule is CC(=O)Nc1cccc(NC(=O)C(NC(=O)c2ccco2)C(C)C)c1. The number of amides is 3. The third kappa shape index (κ3) is 5.20. The van der Waals surface area contributed by atoms with E-state index in [1.165, 1.54) is 19.3 Å². The molecule has 7 nitrogen and oxygen atoms in total. The summed E-state index contributed by atoms with van der Waals surface area (Å²) in [7, 11) is 0. The lowest BCUT2D eigenvalue weighted by atomic mass is 10.0. The molecule has 1 aromatic carbocycles. The number of hydrogen-bond acceptors (Lipinski definition) is 4. The van der Waals surface area contributed by atoms with Crippen molar-refractivity contribution < 1.29 is 18.8 Å². The lowest BCUT2D eigenvalue weighted by Crippen LogP contribution is -2.47. The van der Waals surface area contributed by atoms with Crippen molar-refractivity contribution in [2.75, 3.05) is 10.6 Å². The Kier molecular flexibility index (Phi) is 5.94. The van der Waals surface area contributed by atoms with Gasteiger partial charge in [-0.1, -0.05) is 19.9 Å². The van der Waals surface area contributed by atoms with Gasteiger partial charge in [0, 0.05) is 18.3 Å². The molecule has 1 unspecified atom stereocenters. The molecular weight excluding hydrogens is 322 g/mol. The topological polar surface area (TPSA) is 100 Å². The van der Waals surface area contributed by atoms with Gasteiger partial charge in [-0.25, -0.2) is 0 Å². The molecule has 0 aliphatic heterocycles. The molecule has 1 heterocycles. The molecule has 3 amide bonds. The smallest absolute Gasteiger partial charge is 0.287 e. The summed E-state index contributed by atoms with van der Waals surface area (Å²) in [6.07, 6.45) is 1.40. The fraction of sp³-hybridized carbons (Fsp3) is 0.278. The summed E-state index contributed by atoms with van der Waals surface area (Å²) in [6, 6.07) is 9.18. The van der Waals surface area contributed by atoms with Crippen LogP contribution in [0.25, 0.3) is 0 Å². The summed E-state index contributed by atoms with van der Waals surface area (Å²) < 4.78 is 5.04. The second-order valence-corrected chi connectivity index (χ2v) is 5.92. The van der Waals surface area contributed by atoms with Gasteiger partial charge in [0.2, 0.25) is 11.8 Å². The van der Waals surface area contributed by atoms with E-state index in [9.17, 15) is 14.4 Å². The van der Waals surface area contributed by atoms with Crippen molar-refractivity contribution >= 4 is 29.1 Å². The van der Waals surface area contributed by atoms with Gasteiger partial charge in [0.1, 0.15) is 6.04 Å². The van der Waals surface area contributed by atoms with Crippen LogP contribution in [0.5, 0.6) is 0 Å². The molecule has 0 aliphatic carbocycles. The minimum Gasteiger partial charge on any atom is -0.459 e. The maximum atomic E-state index is 12.5. The number of hydrogen-bond donors (Lipinski definition) is 3. The van der Waals surface area contributed by atoms with Crippen LogP contribution in [0.2, 0.25) is 0 Å². The molecule has 0 radical (unpaired) electrons. The Bertz CT molecular complexity index is 753. The lowest BCUT2D eigenvalue weighted by molar-refractivity contribution is -0.119. The quantitative estimate of drug-likeness (QED) is 0.750. The zero-order chi connectivity index (χ0) is 18.4. The number of carbonyl (C=O) groups excluding carboxylic acids is 3. The van der Waals surface area contributed by atoms with E-state index in [4.69, 9.17) is 4.42 Å². The first-order chi connectivity index (χ1) is 11.9. The largest absolute Gasteiger partial charge is 0.459 e. The summed E-state index contributed by atoms with van der Waals surface area (Å²) in [6.45, 7) is 5.07. The van der Waals surface area contributed by atoms with E-state index in [-0.39, 0.29) is 23.5 Å². The van der Waals surface area contributed by atoms with Gasteiger partial charge in [0.15, 0.2) is 5.76 Å². The highest BCUT2D eigenvalue weighted by Gasteiger charge is 2.25. The normalized spacial score (nSPS) is 11.7. The minimum absolute atomic E-state index is 0.127. The van der Waals surface area contributed by atoms with Crippen LogP contribution in [0.4, 0.5) is 11.4 Å². The maximum absolute atomic E-state index is 12.5. The van der Waals surface area contributed by atoms with Gasteiger partial charge in [-0.2, -0.15) is 0 Å². The van der Waals surface area contributed by atoms with Gasteiger partial charge < -0.3 is 20.4 Å². The summed E-state index contributed by atoms with van der Waals surface area (Å²) in [5.74, 6) is -0.987. The van der Waals surface area contributed by atoms with Crippen LogP contribution in [-0.2, 0) is 9.59 Å². The van der Waals surface area contributed by atoms with E-state index in [0.717, 1.165) is 0 Å². The van der Waals surface area contributed by atoms with E-state index in [2.05, 4.69) is 16.0 Å². The molecule has 0 aliphatic rings. The average molecular weight is 343 g/mol. The van der Waals surface area contributed by atoms with Gasteiger partial charge in [-0.05, 0) is 36.2 Å².